The zero-order valence-corrected chi connectivity index (χ0v) is 13.2. The largest absolute Gasteiger partial charge is 0.497 e. The zero-order valence-electron chi connectivity index (χ0n) is 13.2. The van der Waals surface area contributed by atoms with Gasteiger partial charge in [-0.05, 0) is 38.6 Å². The van der Waals surface area contributed by atoms with Crippen molar-refractivity contribution >= 4 is 0 Å². The van der Waals surface area contributed by atoms with E-state index in [-0.39, 0.29) is 12.1 Å². The molecule has 1 aromatic carbocycles. The number of ether oxygens (including phenoxy) is 3. The Kier molecular flexibility index (Phi) is 7.41. The molecule has 0 amide bonds. The molecule has 4 heteroatoms. The van der Waals surface area contributed by atoms with Crippen molar-refractivity contribution in [2.45, 2.75) is 38.8 Å². The van der Waals surface area contributed by atoms with E-state index in [0.29, 0.717) is 6.61 Å². The lowest BCUT2D eigenvalue weighted by Gasteiger charge is -2.22. The summed E-state index contributed by atoms with van der Waals surface area (Å²) in [7, 11) is 5.27. The molecule has 0 aliphatic rings. The Morgan fingerprint density at radius 2 is 1.95 bits per heavy atom. The molecule has 4 nitrogen and oxygen atoms in total. The first-order chi connectivity index (χ1) is 9.65. The fourth-order valence-electron chi connectivity index (χ4n) is 2.19. The van der Waals surface area contributed by atoms with Crippen molar-refractivity contribution in [3.8, 4) is 11.5 Å². The van der Waals surface area contributed by atoms with Crippen LogP contribution in [0.25, 0.3) is 0 Å². The van der Waals surface area contributed by atoms with Crippen molar-refractivity contribution in [1.82, 2.24) is 5.32 Å². The lowest BCUT2D eigenvalue weighted by molar-refractivity contribution is 0.0448. The summed E-state index contributed by atoms with van der Waals surface area (Å²) >= 11 is 0. The highest BCUT2D eigenvalue weighted by Gasteiger charge is 2.17. The maximum absolute atomic E-state index is 5.90. The minimum absolute atomic E-state index is 0.0827. The van der Waals surface area contributed by atoms with Gasteiger partial charge in [-0.2, -0.15) is 0 Å². The fourth-order valence-corrected chi connectivity index (χ4v) is 2.19. The van der Waals surface area contributed by atoms with E-state index in [2.05, 4.69) is 19.2 Å². The second-order valence-corrected chi connectivity index (χ2v) is 4.88. The molecule has 0 aliphatic heterocycles. The van der Waals surface area contributed by atoms with E-state index in [0.717, 1.165) is 29.9 Å². The van der Waals surface area contributed by atoms with Gasteiger partial charge in [-0.1, -0.05) is 13.3 Å². The van der Waals surface area contributed by atoms with Crippen LogP contribution in [-0.2, 0) is 4.74 Å². The van der Waals surface area contributed by atoms with E-state index in [1.165, 1.54) is 0 Å². The molecule has 0 saturated carbocycles. The van der Waals surface area contributed by atoms with E-state index >= 15 is 0 Å². The molecule has 0 radical (unpaired) electrons. The van der Waals surface area contributed by atoms with Crippen molar-refractivity contribution in [2.75, 3.05) is 27.9 Å². The monoisotopic (exact) mass is 281 g/mol. The second kappa shape index (κ2) is 8.82. The number of hydrogen-bond acceptors (Lipinski definition) is 4. The molecule has 0 aliphatic carbocycles. The number of likely N-dealkylation sites (N-methyl/N-ethyl adjacent to an activating group) is 1. The number of hydrogen-bond donors (Lipinski definition) is 1. The van der Waals surface area contributed by atoms with Gasteiger partial charge >= 0.3 is 0 Å². The summed E-state index contributed by atoms with van der Waals surface area (Å²) in [5.74, 6) is 1.67. The van der Waals surface area contributed by atoms with Crippen LogP contribution in [0.1, 0.15) is 38.3 Å². The molecule has 0 saturated heterocycles. The maximum atomic E-state index is 5.90. The van der Waals surface area contributed by atoms with Crippen molar-refractivity contribution in [1.29, 1.82) is 0 Å². The summed E-state index contributed by atoms with van der Waals surface area (Å²) in [5.41, 5.74) is 1.05. The Hall–Kier alpha value is -1.26. The molecular formula is C16H27NO3. The van der Waals surface area contributed by atoms with Crippen LogP contribution < -0.4 is 14.8 Å². The first-order valence-corrected chi connectivity index (χ1v) is 7.17. The van der Waals surface area contributed by atoms with Crippen molar-refractivity contribution in [3.63, 3.8) is 0 Å². The second-order valence-electron chi connectivity index (χ2n) is 4.88. The first-order valence-electron chi connectivity index (χ1n) is 7.17. The highest BCUT2D eigenvalue weighted by molar-refractivity contribution is 5.42. The van der Waals surface area contributed by atoms with Gasteiger partial charge in [0.15, 0.2) is 0 Å². The lowest BCUT2D eigenvalue weighted by atomic mass is 10.1. The molecular weight excluding hydrogens is 254 g/mol. The van der Waals surface area contributed by atoms with Crippen molar-refractivity contribution in [2.24, 2.45) is 0 Å². The van der Waals surface area contributed by atoms with Crippen LogP contribution in [0.4, 0.5) is 0 Å². The standard InChI is InChI=1S/C16H27NO3/c1-6-7-12(2)20-11-15(17-3)14-10-13(18-4)8-9-16(14)19-5/h8-10,12,15,17H,6-7,11H2,1-5H3. The van der Waals surface area contributed by atoms with E-state index in [1.54, 1.807) is 14.2 Å². The number of benzene rings is 1. The average molecular weight is 281 g/mol. The van der Waals surface area contributed by atoms with Gasteiger partial charge in [0, 0.05) is 5.56 Å². The van der Waals surface area contributed by atoms with Gasteiger partial charge in [0.25, 0.3) is 0 Å². The molecule has 0 spiro atoms. The Bertz CT molecular complexity index is 395. The molecule has 0 aromatic heterocycles. The summed E-state index contributed by atoms with van der Waals surface area (Å²) in [6.07, 6.45) is 2.48. The predicted octanol–water partition coefficient (Wildman–Crippen LogP) is 3.17. The summed E-state index contributed by atoms with van der Waals surface area (Å²) in [6, 6.07) is 5.90. The van der Waals surface area contributed by atoms with Crippen LogP contribution in [0.15, 0.2) is 18.2 Å². The third-order valence-corrected chi connectivity index (χ3v) is 3.40. The van der Waals surface area contributed by atoms with Gasteiger partial charge in [-0.3, -0.25) is 0 Å². The van der Waals surface area contributed by atoms with Crippen LogP contribution in [0.2, 0.25) is 0 Å². The average Bonchev–Trinajstić information content (AvgIpc) is 2.48. The van der Waals surface area contributed by atoms with E-state index < -0.39 is 0 Å². The third kappa shape index (κ3) is 4.69. The van der Waals surface area contributed by atoms with Gasteiger partial charge in [0.1, 0.15) is 11.5 Å². The smallest absolute Gasteiger partial charge is 0.123 e. The molecule has 1 N–H and O–H groups in total. The summed E-state index contributed by atoms with van der Waals surface area (Å²) in [6.45, 7) is 4.89. The fraction of sp³-hybridized carbons (Fsp3) is 0.625. The number of methoxy groups -OCH3 is 2. The van der Waals surface area contributed by atoms with Crippen LogP contribution in [0.5, 0.6) is 11.5 Å². The summed E-state index contributed by atoms with van der Waals surface area (Å²) < 4.78 is 16.6. The minimum Gasteiger partial charge on any atom is -0.497 e. The van der Waals surface area contributed by atoms with Gasteiger partial charge in [0.2, 0.25) is 0 Å². The Labute approximate surface area is 122 Å². The molecule has 20 heavy (non-hydrogen) atoms. The highest BCUT2D eigenvalue weighted by atomic mass is 16.5. The Morgan fingerprint density at radius 1 is 1.20 bits per heavy atom. The van der Waals surface area contributed by atoms with Gasteiger partial charge in [0.05, 0.1) is 33.0 Å². The summed E-state index contributed by atoms with van der Waals surface area (Å²) in [5, 5.41) is 3.28. The van der Waals surface area contributed by atoms with Crippen molar-refractivity contribution < 1.29 is 14.2 Å². The maximum Gasteiger partial charge on any atom is 0.123 e. The molecule has 0 bridgehead atoms. The summed E-state index contributed by atoms with van der Waals surface area (Å²) in [4.78, 5) is 0. The quantitative estimate of drug-likeness (QED) is 0.754. The topological polar surface area (TPSA) is 39.7 Å². The molecule has 1 rings (SSSR count). The molecule has 2 atom stereocenters. The van der Waals surface area contributed by atoms with Crippen LogP contribution in [0, 0.1) is 0 Å². The number of nitrogens with one attached hydrogen (secondary N) is 1. The lowest BCUT2D eigenvalue weighted by Crippen LogP contribution is -2.24. The highest BCUT2D eigenvalue weighted by Crippen LogP contribution is 2.29. The molecule has 2 unspecified atom stereocenters. The molecule has 1 aromatic rings. The van der Waals surface area contributed by atoms with Crippen LogP contribution in [0.3, 0.4) is 0 Å². The molecule has 0 fully saturated rings. The first kappa shape index (κ1) is 16.8. The van der Waals surface area contributed by atoms with Gasteiger partial charge in [-0.15, -0.1) is 0 Å². The third-order valence-electron chi connectivity index (χ3n) is 3.40. The van der Waals surface area contributed by atoms with Gasteiger partial charge < -0.3 is 19.5 Å². The van der Waals surface area contributed by atoms with E-state index in [9.17, 15) is 0 Å². The Morgan fingerprint density at radius 3 is 2.50 bits per heavy atom. The van der Waals surface area contributed by atoms with E-state index in [4.69, 9.17) is 14.2 Å². The predicted molar refractivity (Wildman–Crippen MR) is 81.7 cm³/mol. The number of rotatable bonds is 9. The van der Waals surface area contributed by atoms with Crippen LogP contribution in [-0.4, -0.2) is 34.0 Å². The molecule has 0 heterocycles. The Balaban J connectivity index is 2.82. The normalized spacial score (nSPS) is 13.8. The van der Waals surface area contributed by atoms with Gasteiger partial charge in [-0.25, -0.2) is 0 Å². The molecule has 114 valence electrons. The minimum atomic E-state index is 0.0827. The van der Waals surface area contributed by atoms with Crippen LogP contribution >= 0.6 is 0 Å². The SMILES string of the molecule is CCCC(C)OCC(NC)c1cc(OC)ccc1OC. The van der Waals surface area contributed by atoms with E-state index in [1.807, 2.05) is 25.2 Å². The zero-order chi connectivity index (χ0) is 15.0. The van der Waals surface area contributed by atoms with Crippen molar-refractivity contribution in [3.05, 3.63) is 23.8 Å².